The lowest BCUT2D eigenvalue weighted by Gasteiger charge is -2.31. The van der Waals surface area contributed by atoms with Gasteiger partial charge in [-0.25, -0.2) is 12.8 Å². The average Bonchev–Trinajstić information content (AvgIpc) is 2.90. The van der Waals surface area contributed by atoms with E-state index in [9.17, 15) is 22.4 Å². The summed E-state index contributed by atoms with van der Waals surface area (Å²) in [7, 11) is -1.37. The van der Waals surface area contributed by atoms with E-state index in [4.69, 9.17) is 16.3 Å². The Kier molecular flexibility index (Phi) is 9.12. The highest BCUT2D eigenvalue weighted by Crippen LogP contribution is 2.27. The first kappa shape index (κ1) is 27.9. The topological polar surface area (TPSA) is 96.0 Å². The van der Waals surface area contributed by atoms with Crippen molar-refractivity contribution in [3.63, 3.8) is 0 Å². The predicted molar refractivity (Wildman–Crippen MR) is 139 cm³/mol. The molecule has 0 fully saturated rings. The molecule has 0 bridgehead atoms. The van der Waals surface area contributed by atoms with Crippen LogP contribution in [0.25, 0.3) is 0 Å². The number of hydrogen-bond acceptors (Lipinski definition) is 5. The Hall–Kier alpha value is -3.63. The molecule has 0 spiro atoms. The number of carbonyl (C=O) groups excluding carboxylic acids is 2. The number of ether oxygens (including phenoxy) is 1. The van der Waals surface area contributed by atoms with Gasteiger partial charge in [0.15, 0.2) is 0 Å². The Morgan fingerprint density at radius 3 is 2.22 bits per heavy atom. The number of amides is 2. The van der Waals surface area contributed by atoms with E-state index in [2.05, 4.69) is 5.32 Å². The molecule has 0 radical (unpaired) electrons. The Morgan fingerprint density at radius 1 is 1.03 bits per heavy atom. The fraction of sp³-hybridized carbons (Fsp3) is 0.231. The van der Waals surface area contributed by atoms with E-state index in [1.165, 1.54) is 87.8 Å². The van der Waals surface area contributed by atoms with Gasteiger partial charge in [0.2, 0.25) is 11.8 Å². The molecule has 0 unspecified atom stereocenters. The number of hydrogen-bond donors (Lipinski definition) is 1. The van der Waals surface area contributed by atoms with Crippen molar-refractivity contribution >= 4 is 39.1 Å². The molecule has 8 nitrogen and oxygen atoms in total. The molecular formula is C26H27ClFN3O5S. The third kappa shape index (κ3) is 6.58. The quantitative estimate of drug-likeness (QED) is 0.416. The zero-order valence-corrected chi connectivity index (χ0v) is 22.1. The predicted octanol–water partition coefficient (Wildman–Crippen LogP) is 3.85. The van der Waals surface area contributed by atoms with Crippen LogP contribution in [0.4, 0.5) is 10.1 Å². The van der Waals surface area contributed by atoms with Gasteiger partial charge in [-0.3, -0.25) is 13.9 Å². The van der Waals surface area contributed by atoms with Gasteiger partial charge in [-0.1, -0.05) is 29.8 Å². The van der Waals surface area contributed by atoms with Gasteiger partial charge in [-0.15, -0.1) is 0 Å². The number of nitrogens with zero attached hydrogens (tertiary/aromatic N) is 2. The number of benzene rings is 3. The normalized spacial score (nSPS) is 11.9. The number of likely N-dealkylation sites (N-methyl/N-ethyl adjacent to an activating group) is 1. The number of sulfonamides is 1. The van der Waals surface area contributed by atoms with Gasteiger partial charge in [0.25, 0.3) is 10.0 Å². The molecule has 1 N–H and O–H groups in total. The Labute approximate surface area is 220 Å². The SMILES string of the molecule is CNC(=O)[C@H](C)N(Cc1ccccc1F)C(=O)CN(c1ccc(Cl)cc1)S(=O)(=O)c1ccc(OC)cc1. The second kappa shape index (κ2) is 12.1. The van der Waals surface area contributed by atoms with Gasteiger partial charge < -0.3 is 15.0 Å². The summed E-state index contributed by atoms with van der Waals surface area (Å²) in [6, 6.07) is 16.5. The lowest BCUT2D eigenvalue weighted by atomic mass is 10.1. The first-order chi connectivity index (χ1) is 17.6. The van der Waals surface area contributed by atoms with Crippen LogP contribution in [0.2, 0.25) is 5.02 Å². The molecule has 0 aliphatic carbocycles. The molecule has 0 saturated heterocycles. The van der Waals surface area contributed by atoms with E-state index < -0.39 is 40.2 Å². The van der Waals surface area contributed by atoms with Gasteiger partial charge in [-0.2, -0.15) is 0 Å². The molecule has 11 heteroatoms. The van der Waals surface area contributed by atoms with Crippen LogP contribution in [0.5, 0.6) is 5.75 Å². The smallest absolute Gasteiger partial charge is 0.264 e. The summed E-state index contributed by atoms with van der Waals surface area (Å²) in [5.41, 5.74) is 0.370. The van der Waals surface area contributed by atoms with Crippen molar-refractivity contribution in [2.24, 2.45) is 0 Å². The summed E-state index contributed by atoms with van der Waals surface area (Å²) < 4.78 is 47.8. The third-order valence-electron chi connectivity index (χ3n) is 5.75. The standard InChI is InChI=1S/C26H27ClFN3O5S/c1-18(26(33)29-2)30(16-19-6-4-5-7-24(19)28)25(32)17-31(21-10-8-20(27)9-11-21)37(34,35)23-14-12-22(36-3)13-15-23/h4-15,18H,16-17H2,1-3H3,(H,29,33)/t18-/m0/s1. The van der Waals surface area contributed by atoms with Gasteiger partial charge >= 0.3 is 0 Å². The van der Waals surface area contributed by atoms with Crippen molar-refractivity contribution in [3.8, 4) is 5.75 Å². The lowest BCUT2D eigenvalue weighted by molar-refractivity contribution is -0.139. The molecule has 0 aliphatic heterocycles. The summed E-state index contributed by atoms with van der Waals surface area (Å²) in [5.74, 6) is -1.28. The number of carbonyl (C=O) groups is 2. The Balaban J connectivity index is 2.03. The molecule has 3 aromatic carbocycles. The number of halogens is 2. The fourth-order valence-electron chi connectivity index (χ4n) is 3.61. The molecular weight excluding hydrogens is 521 g/mol. The molecule has 3 rings (SSSR count). The minimum absolute atomic E-state index is 0.0731. The first-order valence-corrected chi connectivity index (χ1v) is 13.1. The maximum atomic E-state index is 14.4. The minimum atomic E-state index is -4.24. The number of rotatable bonds is 10. The van der Waals surface area contributed by atoms with Crippen LogP contribution < -0.4 is 14.4 Å². The average molecular weight is 548 g/mol. The first-order valence-electron chi connectivity index (χ1n) is 11.2. The molecule has 2 amide bonds. The maximum absolute atomic E-state index is 14.4. The van der Waals surface area contributed by atoms with Crippen LogP contribution in [0, 0.1) is 5.82 Å². The van der Waals surface area contributed by atoms with E-state index in [-0.39, 0.29) is 22.7 Å². The van der Waals surface area contributed by atoms with Crippen LogP contribution in [-0.2, 0) is 26.2 Å². The van der Waals surface area contributed by atoms with Crippen LogP contribution in [0.3, 0.4) is 0 Å². The zero-order chi connectivity index (χ0) is 27.2. The highest BCUT2D eigenvalue weighted by molar-refractivity contribution is 7.92. The Bertz CT molecular complexity index is 1350. The van der Waals surface area contributed by atoms with Crippen molar-refractivity contribution in [3.05, 3.63) is 89.2 Å². The minimum Gasteiger partial charge on any atom is -0.497 e. The van der Waals surface area contributed by atoms with Crippen molar-refractivity contribution in [2.45, 2.75) is 24.4 Å². The third-order valence-corrected chi connectivity index (χ3v) is 7.79. The van der Waals surface area contributed by atoms with Gasteiger partial charge in [0, 0.05) is 24.2 Å². The van der Waals surface area contributed by atoms with Gasteiger partial charge in [0.05, 0.1) is 17.7 Å². The van der Waals surface area contributed by atoms with Crippen LogP contribution in [-0.4, -0.2) is 51.9 Å². The highest BCUT2D eigenvalue weighted by Gasteiger charge is 2.32. The van der Waals surface area contributed by atoms with E-state index in [0.717, 1.165) is 9.21 Å². The summed E-state index contributed by atoms with van der Waals surface area (Å²) in [4.78, 5) is 27.1. The van der Waals surface area contributed by atoms with Gasteiger partial charge in [0.1, 0.15) is 24.2 Å². The van der Waals surface area contributed by atoms with Crippen molar-refractivity contribution in [2.75, 3.05) is 25.0 Å². The monoisotopic (exact) mass is 547 g/mol. The lowest BCUT2D eigenvalue weighted by Crippen LogP contribution is -2.50. The summed E-state index contributed by atoms with van der Waals surface area (Å²) in [6.45, 7) is 0.602. The van der Waals surface area contributed by atoms with E-state index in [1.54, 1.807) is 6.07 Å². The molecule has 0 aliphatic rings. The van der Waals surface area contributed by atoms with Crippen molar-refractivity contribution in [1.29, 1.82) is 0 Å². The van der Waals surface area contributed by atoms with E-state index in [0.29, 0.717) is 10.8 Å². The Morgan fingerprint density at radius 2 is 1.65 bits per heavy atom. The van der Waals surface area contributed by atoms with Crippen LogP contribution >= 0.6 is 11.6 Å². The zero-order valence-electron chi connectivity index (χ0n) is 20.5. The fourth-order valence-corrected chi connectivity index (χ4v) is 5.15. The van der Waals surface area contributed by atoms with Crippen molar-refractivity contribution < 1.29 is 27.1 Å². The second-order valence-electron chi connectivity index (χ2n) is 8.07. The van der Waals surface area contributed by atoms with Crippen LogP contribution in [0.1, 0.15) is 12.5 Å². The molecule has 1 atom stereocenters. The van der Waals surface area contributed by atoms with Crippen LogP contribution in [0.15, 0.2) is 77.7 Å². The highest BCUT2D eigenvalue weighted by atomic mass is 35.5. The second-order valence-corrected chi connectivity index (χ2v) is 10.4. The molecule has 37 heavy (non-hydrogen) atoms. The number of anilines is 1. The van der Waals surface area contributed by atoms with Gasteiger partial charge in [-0.05, 0) is 61.5 Å². The molecule has 3 aromatic rings. The molecule has 0 aromatic heterocycles. The van der Waals surface area contributed by atoms with E-state index in [1.807, 2.05) is 0 Å². The number of methoxy groups -OCH3 is 1. The van der Waals surface area contributed by atoms with E-state index >= 15 is 0 Å². The molecule has 196 valence electrons. The molecule has 0 saturated carbocycles. The summed E-state index contributed by atoms with van der Waals surface area (Å²) >= 11 is 6.00. The summed E-state index contributed by atoms with van der Waals surface area (Å²) in [6.07, 6.45) is 0. The number of nitrogens with one attached hydrogen (secondary N) is 1. The maximum Gasteiger partial charge on any atom is 0.264 e. The summed E-state index contributed by atoms with van der Waals surface area (Å²) in [5, 5.41) is 2.85. The van der Waals surface area contributed by atoms with Crippen molar-refractivity contribution in [1.82, 2.24) is 10.2 Å². The molecule has 0 heterocycles. The largest absolute Gasteiger partial charge is 0.497 e.